The number of hydrogen-bond acceptors (Lipinski definition) is 16. The first-order chi connectivity index (χ1) is 35.2. The Morgan fingerprint density at radius 2 is 1.50 bits per heavy atom. The first kappa shape index (κ1) is 63.0. The lowest BCUT2D eigenvalue weighted by molar-refractivity contribution is -0.266. The number of rotatable bonds is 15. The number of nitrogens with zero attached hydrogens (tertiary/aromatic N) is 1. The summed E-state index contributed by atoms with van der Waals surface area (Å²) in [6.07, 6.45) is 10.6. The number of aliphatic hydroxyl groups excluding tert-OH is 2. The fraction of sp³-hybridized carbons (Fsp3) is 0.772. The third kappa shape index (κ3) is 18.6. The fourth-order valence-electron chi connectivity index (χ4n) is 10.7. The zero-order chi connectivity index (χ0) is 54.5. The molecule has 1 saturated carbocycles. The number of carbonyl (C=O) groups excluding carboxylic acids is 5. The Labute approximate surface area is 440 Å². The van der Waals surface area contributed by atoms with Crippen molar-refractivity contribution in [2.45, 2.75) is 180 Å². The second kappa shape index (κ2) is 31.7. The SMILES string of the molecule is COCCOCCOCCOC1C[C@@H]2CC[C@@H](C)[C@@](O)(O2)C(=O)C(=O)N2CCCC[C@H]2C(=O)O[C@H]([C@H](C)C[C@@H]2CC[C@@H](O)[C@H](OC)C2)CC(=O)[C@H](C)/C=C(\C)[C@@H](O)[C@@H](OC)C(=O)[C@H](C)C[C@H](C)\C=C/C=C/C=C/1C. The van der Waals surface area contributed by atoms with Crippen molar-refractivity contribution >= 4 is 29.2 Å². The fourth-order valence-corrected chi connectivity index (χ4v) is 10.7. The van der Waals surface area contributed by atoms with E-state index < -0.39 is 83.9 Å². The number of cyclic esters (lactones) is 1. The maximum Gasteiger partial charge on any atom is 0.329 e. The molecule has 15 atom stereocenters. The molecule has 2 bridgehead atoms. The minimum Gasteiger partial charge on any atom is -0.460 e. The molecule has 3 heterocycles. The minimum atomic E-state index is -2.49. The predicted molar refractivity (Wildman–Crippen MR) is 278 cm³/mol. The van der Waals surface area contributed by atoms with Crippen LogP contribution >= 0.6 is 0 Å². The molecule has 4 rings (SSSR count). The van der Waals surface area contributed by atoms with Gasteiger partial charge < -0.3 is 58.1 Å². The molecular weight excluding hydrogens is 955 g/mol. The van der Waals surface area contributed by atoms with Crippen molar-refractivity contribution in [3.05, 3.63) is 47.6 Å². The number of ether oxygens (including phenoxy) is 8. The molecule has 3 fully saturated rings. The van der Waals surface area contributed by atoms with E-state index in [1.807, 2.05) is 58.1 Å². The van der Waals surface area contributed by atoms with E-state index in [1.54, 1.807) is 41.1 Å². The summed E-state index contributed by atoms with van der Waals surface area (Å²) in [5.74, 6) is -8.25. The number of esters is 1. The van der Waals surface area contributed by atoms with Crippen molar-refractivity contribution < 1.29 is 77.2 Å². The molecule has 0 radical (unpaired) electrons. The van der Waals surface area contributed by atoms with Crippen LogP contribution in [0.2, 0.25) is 0 Å². The minimum absolute atomic E-state index is 0.0133. The molecule has 17 heteroatoms. The molecule has 420 valence electrons. The average Bonchev–Trinajstić information content (AvgIpc) is 3.38. The first-order valence-electron chi connectivity index (χ1n) is 27.2. The largest absolute Gasteiger partial charge is 0.460 e. The second-order valence-electron chi connectivity index (χ2n) is 21.4. The molecule has 17 nitrogen and oxygen atoms in total. The summed E-state index contributed by atoms with van der Waals surface area (Å²) in [5, 5.41) is 34.2. The molecule has 2 saturated heterocycles. The number of Topliss-reactive ketones (excluding diaryl/α,β-unsaturated/α-hetero) is 3. The lowest BCUT2D eigenvalue weighted by Crippen LogP contribution is -2.61. The van der Waals surface area contributed by atoms with E-state index >= 15 is 0 Å². The van der Waals surface area contributed by atoms with Gasteiger partial charge in [-0.05, 0) is 107 Å². The highest BCUT2D eigenvalue weighted by atomic mass is 16.6. The van der Waals surface area contributed by atoms with Crippen LogP contribution in [-0.2, 0) is 61.9 Å². The van der Waals surface area contributed by atoms with E-state index in [-0.39, 0.29) is 74.4 Å². The van der Waals surface area contributed by atoms with Gasteiger partial charge in [0.25, 0.3) is 11.7 Å². The maximum absolute atomic E-state index is 14.5. The van der Waals surface area contributed by atoms with Crippen LogP contribution in [0.25, 0.3) is 0 Å². The Balaban J connectivity index is 1.68. The number of ketones is 3. The summed E-state index contributed by atoms with van der Waals surface area (Å²) in [4.78, 5) is 72.6. The Bertz CT molecular complexity index is 1920. The number of fused-ring (bicyclic) bond motifs is 3. The van der Waals surface area contributed by atoms with Gasteiger partial charge in [-0.15, -0.1) is 0 Å². The van der Waals surface area contributed by atoms with Gasteiger partial charge in [0.15, 0.2) is 5.78 Å². The molecule has 4 aliphatic rings. The predicted octanol–water partition coefficient (Wildman–Crippen LogP) is 6.23. The van der Waals surface area contributed by atoms with Crippen molar-refractivity contribution in [2.24, 2.45) is 35.5 Å². The summed E-state index contributed by atoms with van der Waals surface area (Å²) in [5.41, 5.74) is 1.22. The second-order valence-corrected chi connectivity index (χ2v) is 21.4. The van der Waals surface area contributed by atoms with Gasteiger partial charge in [-0.1, -0.05) is 71.1 Å². The lowest BCUT2D eigenvalue weighted by atomic mass is 9.78. The Kier molecular flexibility index (Phi) is 27.0. The Hall–Kier alpha value is -3.49. The number of hydrogen-bond donors (Lipinski definition) is 3. The van der Waals surface area contributed by atoms with E-state index in [0.717, 1.165) is 5.57 Å². The standard InChI is InChI=1S/C57H91NO16/c1-36-16-12-11-13-17-37(2)48(72-29-28-71-27-26-70-25-24-67-8)34-44-21-19-42(7)57(66,74-44)54(63)55(64)58-23-15-14-18-45(58)56(65)73-49(39(4)32-43-20-22-46(59)50(33-43)68-9)35-47(60)38(3)31-41(6)52(62)53(69-10)51(61)40(5)30-36/h11-13,16-17,31,36,38-40,42-46,48-50,52-53,59,62,66H,14-15,18-30,32-35H2,1-10H3/b13-11+,16-12-,37-17+,41-31+/t36-,38-,39-,40-,42-,43+,44+,45+,46-,48?,49+,50-,52-,53+,57-/m1/s1. The van der Waals surface area contributed by atoms with Gasteiger partial charge in [0.1, 0.15) is 30.1 Å². The van der Waals surface area contributed by atoms with Crippen LogP contribution in [0.5, 0.6) is 0 Å². The van der Waals surface area contributed by atoms with Crippen LogP contribution in [0.1, 0.15) is 126 Å². The molecular formula is C57H91NO16. The van der Waals surface area contributed by atoms with Gasteiger partial charge in [-0.2, -0.15) is 0 Å². The van der Waals surface area contributed by atoms with E-state index in [2.05, 4.69) is 0 Å². The average molecular weight is 1050 g/mol. The van der Waals surface area contributed by atoms with Gasteiger partial charge in [0, 0.05) is 58.5 Å². The molecule has 0 aromatic heterocycles. The molecule has 1 amide bonds. The Morgan fingerprint density at radius 3 is 2.19 bits per heavy atom. The highest BCUT2D eigenvalue weighted by Crippen LogP contribution is 2.38. The summed E-state index contributed by atoms with van der Waals surface area (Å²) < 4.78 is 46.4. The molecule has 1 unspecified atom stereocenters. The van der Waals surface area contributed by atoms with Crippen LogP contribution < -0.4 is 0 Å². The lowest BCUT2D eigenvalue weighted by Gasteiger charge is -2.43. The van der Waals surface area contributed by atoms with Crippen molar-refractivity contribution in [1.82, 2.24) is 4.90 Å². The maximum atomic E-state index is 14.5. The van der Waals surface area contributed by atoms with Gasteiger partial charge in [-0.25, -0.2) is 4.79 Å². The van der Waals surface area contributed by atoms with Gasteiger partial charge in [0.05, 0.1) is 64.1 Å². The van der Waals surface area contributed by atoms with Gasteiger partial charge in [0.2, 0.25) is 5.79 Å². The van der Waals surface area contributed by atoms with Crippen molar-refractivity contribution in [3.63, 3.8) is 0 Å². The summed E-state index contributed by atoms with van der Waals surface area (Å²) in [6, 6.07) is -1.17. The molecule has 0 aromatic carbocycles. The molecule has 3 N–H and O–H groups in total. The van der Waals surface area contributed by atoms with E-state index in [0.29, 0.717) is 89.8 Å². The molecule has 3 aliphatic heterocycles. The zero-order valence-electron chi connectivity index (χ0n) is 46.1. The molecule has 74 heavy (non-hydrogen) atoms. The number of methoxy groups -OCH3 is 3. The van der Waals surface area contributed by atoms with Crippen LogP contribution in [0, 0.1) is 35.5 Å². The third-order valence-electron chi connectivity index (χ3n) is 15.5. The number of piperidine rings is 1. The zero-order valence-corrected chi connectivity index (χ0v) is 46.1. The third-order valence-corrected chi connectivity index (χ3v) is 15.5. The number of carbonyl (C=O) groups is 5. The summed E-state index contributed by atoms with van der Waals surface area (Å²) in [6.45, 7) is 14.9. The first-order valence-corrected chi connectivity index (χ1v) is 27.2. The highest BCUT2D eigenvalue weighted by molar-refractivity contribution is 6.39. The summed E-state index contributed by atoms with van der Waals surface area (Å²) >= 11 is 0. The molecule has 0 aromatic rings. The number of aliphatic hydroxyl groups is 3. The quantitative estimate of drug-likeness (QED) is 0.0716. The van der Waals surface area contributed by atoms with Crippen LogP contribution in [-0.4, -0.2) is 172 Å². The van der Waals surface area contributed by atoms with Gasteiger partial charge >= 0.3 is 5.97 Å². The van der Waals surface area contributed by atoms with E-state index in [4.69, 9.17) is 37.9 Å². The van der Waals surface area contributed by atoms with Crippen LogP contribution in [0.4, 0.5) is 0 Å². The molecule has 0 spiro atoms. The molecule has 1 aliphatic carbocycles. The smallest absolute Gasteiger partial charge is 0.329 e. The van der Waals surface area contributed by atoms with Crippen molar-refractivity contribution in [2.75, 3.05) is 67.5 Å². The normalized spacial score (nSPS) is 37.0. The van der Waals surface area contributed by atoms with Gasteiger partial charge in [-0.3, -0.25) is 19.2 Å². The van der Waals surface area contributed by atoms with Crippen molar-refractivity contribution in [1.29, 1.82) is 0 Å². The van der Waals surface area contributed by atoms with Crippen LogP contribution in [0.3, 0.4) is 0 Å². The van der Waals surface area contributed by atoms with Crippen molar-refractivity contribution in [3.8, 4) is 0 Å². The number of allylic oxidation sites excluding steroid dienone is 6. The number of amides is 1. The van der Waals surface area contributed by atoms with Crippen LogP contribution in [0.15, 0.2) is 47.6 Å². The highest BCUT2D eigenvalue weighted by Gasteiger charge is 2.53. The van der Waals surface area contributed by atoms with E-state index in [1.165, 1.54) is 12.0 Å². The van der Waals surface area contributed by atoms with E-state index in [9.17, 15) is 39.3 Å². The topological polar surface area (TPSA) is 223 Å². The Morgan fingerprint density at radius 1 is 0.797 bits per heavy atom. The monoisotopic (exact) mass is 1050 g/mol. The summed E-state index contributed by atoms with van der Waals surface area (Å²) in [7, 11) is 4.55.